The van der Waals surface area contributed by atoms with Crippen molar-refractivity contribution >= 4 is 0 Å². The molecule has 0 heterocycles. The maximum absolute atomic E-state index is 5.80. The van der Waals surface area contributed by atoms with E-state index in [-0.39, 0.29) is 5.79 Å². The van der Waals surface area contributed by atoms with E-state index in [1.54, 1.807) is 0 Å². The zero-order valence-corrected chi connectivity index (χ0v) is 10.4. The van der Waals surface area contributed by atoms with Gasteiger partial charge in [0.15, 0.2) is 5.79 Å². The first kappa shape index (κ1) is 13.0. The van der Waals surface area contributed by atoms with Crippen molar-refractivity contribution in [3.63, 3.8) is 0 Å². The summed E-state index contributed by atoms with van der Waals surface area (Å²) in [6, 6.07) is 0. The molecule has 1 rings (SSSR count). The van der Waals surface area contributed by atoms with E-state index in [9.17, 15) is 0 Å². The van der Waals surface area contributed by atoms with Crippen molar-refractivity contribution in [3.8, 4) is 0 Å². The average molecular weight is 214 g/mol. The first-order valence-electron chi connectivity index (χ1n) is 6.61. The molecule has 0 spiro atoms. The van der Waals surface area contributed by atoms with Gasteiger partial charge in [0.2, 0.25) is 0 Å². The molecule has 0 radical (unpaired) electrons. The van der Waals surface area contributed by atoms with Crippen LogP contribution in [0.15, 0.2) is 0 Å². The number of rotatable bonds is 10. The van der Waals surface area contributed by atoms with Crippen LogP contribution in [0.3, 0.4) is 0 Å². The van der Waals surface area contributed by atoms with Gasteiger partial charge in [-0.1, -0.05) is 39.5 Å². The smallest absolute Gasteiger partial charge is 0.168 e. The van der Waals surface area contributed by atoms with Crippen molar-refractivity contribution in [1.29, 1.82) is 0 Å². The molecule has 0 amide bonds. The summed E-state index contributed by atoms with van der Waals surface area (Å²) < 4.78 is 11.6. The van der Waals surface area contributed by atoms with E-state index in [4.69, 9.17) is 9.47 Å². The standard InChI is InChI=1S/C13H26O2/c1-3-5-7-11-14-13(9-10-13)15-12-8-6-4-2/h3-12H2,1-2H3. The minimum Gasteiger partial charge on any atom is -0.350 e. The maximum atomic E-state index is 5.80. The lowest BCUT2D eigenvalue weighted by molar-refractivity contribution is -0.168. The predicted octanol–water partition coefficient (Wildman–Crippen LogP) is 3.89. The number of unbranched alkanes of at least 4 members (excludes halogenated alkanes) is 4. The van der Waals surface area contributed by atoms with Gasteiger partial charge < -0.3 is 9.47 Å². The second kappa shape index (κ2) is 7.24. The van der Waals surface area contributed by atoms with Crippen molar-refractivity contribution in [2.75, 3.05) is 13.2 Å². The van der Waals surface area contributed by atoms with Crippen molar-refractivity contribution in [1.82, 2.24) is 0 Å². The third-order valence-electron chi connectivity index (χ3n) is 2.88. The molecule has 0 atom stereocenters. The minimum absolute atomic E-state index is 0.151. The number of hydrogen-bond acceptors (Lipinski definition) is 2. The Morgan fingerprint density at radius 3 is 1.60 bits per heavy atom. The third kappa shape index (κ3) is 5.53. The quantitative estimate of drug-likeness (QED) is 0.406. The molecule has 0 saturated heterocycles. The molecule has 90 valence electrons. The topological polar surface area (TPSA) is 18.5 Å². The lowest BCUT2D eigenvalue weighted by Gasteiger charge is -2.17. The highest BCUT2D eigenvalue weighted by Crippen LogP contribution is 2.41. The average Bonchev–Trinajstić information content (AvgIpc) is 3.01. The highest BCUT2D eigenvalue weighted by atomic mass is 16.7. The third-order valence-corrected chi connectivity index (χ3v) is 2.88. The summed E-state index contributed by atoms with van der Waals surface area (Å²) in [5.74, 6) is -0.151. The van der Waals surface area contributed by atoms with Crippen LogP contribution in [0.2, 0.25) is 0 Å². The number of ether oxygens (including phenoxy) is 2. The first-order chi connectivity index (χ1) is 7.33. The van der Waals surface area contributed by atoms with E-state index in [2.05, 4.69) is 13.8 Å². The van der Waals surface area contributed by atoms with Gasteiger partial charge in [0.25, 0.3) is 0 Å². The summed E-state index contributed by atoms with van der Waals surface area (Å²) in [5.41, 5.74) is 0. The highest BCUT2D eigenvalue weighted by Gasteiger charge is 2.45. The Labute approximate surface area is 94.3 Å². The zero-order valence-electron chi connectivity index (χ0n) is 10.4. The van der Waals surface area contributed by atoms with Gasteiger partial charge >= 0.3 is 0 Å². The zero-order chi connectivity index (χ0) is 11.0. The van der Waals surface area contributed by atoms with E-state index >= 15 is 0 Å². The number of hydrogen-bond donors (Lipinski definition) is 0. The monoisotopic (exact) mass is 214 g/mol. The molecule has 0 aliphatic heterocycles. The van der Waals surface area contributed by atoms with Crippen LogP contribution in [0.5, 0.6) is 0 Å². The van der Waals surface area contributed by atoms with Gasteiger partial charge in [0.05, 0.1) is 13.2 Å². The van der Waals surface area contributed by atoms with Crippen LogP contribution in [-0.4, -0.2) is 19.0 Å². The van der Waals surface area contributed by atoms with Crippen molar-refractivity contribution < 1.29 is 9.47 Å². The van der Waals surface area contributed by atoms with E-state index in [1.807, 2.05) is 0 Å². The summed E-state index contributed by atoms with van der Waals surface area (Å²) in [4.78, 5) is 0. The van der Waals surface area contributed by atoms with Crippen molar-refractivity contribution in [3.05, 3.63) is 0 Å². The van der Waals surface area contributed by atoms with Gasteiger partial charge in [0.1, 0.15) is 0 Å². The molecule has 0 bridgehead atoms. The maximum Gasteiger partial charge on any atom is 0.168 e. The first-order valence-corrected chi connectivity index (χ1v) is 6.61. The fourth-order valence-electron chi connectivity index (χ4n) is 1.65. The molecule has 1 aliphatic rings. The van der Waals surface area contributed by atoms with E-state index < -0.39 is 0 Å². The van der Waals surface area contributed by atoms with Crippen LogP contribution in [0.1, 0.15) is 65.2 Å². The molecule has 1 aliphatic carbocycles. The summed E-state index contributed by atoms with van der Waals surface area (Å²) in [6.07, 6.45) is 9.61. The molecule has 1 saturated carbocycles. The Hall–Kier alpha value is -0.0800. The van der Waals surface area contributed by atoms with Crippen LogP contribution in [0.25, 0.3) is 0 Å². The summed E-state index contributed by atoms with van der Waals surface area (Å²) in [6.45, 7) is 6.19. The normalized spacial score (nSPS) is 18.0. The molecule has 2 nitrogen and oxygen atoms in total. The second-order valence-electron chi connectivity index (χ2n) is 4.52. The fourth-order valence-corrected chi connectivity index (χ4v) is 1.65. The van der Waals surface area contributed by atoms with Crippen LogP contribution < -0.4 is 0 Å². The van der Waals surface area contributed by atoms with Gasteiger partial charge in [-0.05, 0) is 12.8 Å². The predicted molar refractivity (Wildman–Crippen MR) is 62.9 cm³/mol. The van der Waals surface area contributed by atoms with E-state index in [1.165, 1.54) is 38.5 Å². The molecule has 0 aromatic rings. The molecule has 1 fully saturated rings. The molecule has 0 aromatic carbocycles. The lowest BCUT2D eigenvalue weighted by Crippen LogP contribution is -2.20. The van der Waals surface area contributed by atoms with Gasteiger partial charge in [-0.25, -0.2) is 0 Å². The molecule has 0 N–H and O–H groups in total. The molecule has 15 heavy (non-hydrogen) atoms. The Balaban J connectivity index is 1.96. The molecule has 2 heteroatoms. The van der Waals surface area contributed by atoms with Gasteiger partial charge in [0, 0.05) is 12.8 Å². The summed E-state index contributed by atoms with van der Waals surface area (Å²) >= 11 is 0. The largest absolute Gasteiger partial charge is 0.350 e. The van der Waals surface area contributed by atoms with E-state index in [0.29, 0.717) is 0 Å². The Morgan fingerprint density at radius 1 is 0.800 bits per heavy atom. The summed E-state index contributed by atoms with van der Waals surface area (Å²) in [7, 11) is 0. The fraction of sp³-hybridized carbons (Fsp3) is 1.00. The van der Waals surface area contributed by atoms with Crippen molar-refractivity contribution in [2.24, 2.45) is 0 Å². The van der Waals surface area contributed by atoms with Crippen LogP contribution >= 0.6 is 0 Å². The minimum atomic E-state index is -0.151. The molecular formula is C13H26O2. The summed E-state index contributed by atoms with van der Waals surface area (Å²) in [5, 5.41) is 0. The van der Waals surface area contributed by atoms with Gasteiger partial charge in [-0.2, -0.15) is 0 Å². The van der Waals surface area contributed by atoms with E-state index in [0.717, 1.165) is 26.1 Å². The highest BCUT2D eigenvalue weighted by molar-refractivity contribution is 4.86. The van der Waals surface area contributed by atoms with Crippen LogP contribution in [-0.2, 0) is 9.47 Å². The molecular weight excluding hydrogens is 188 g/mol. The molecule has 0 aromatic heterocycles. The Bertz CT molecular complexity index is 139. The van der Waals surface area contributed by atoms with Gasteiger partial charge in [-0.15, -0.1) is 0 Å². The van der Waals surface area contributed by atoms with Crippen molar-refractivity contribution in [2.45, 2.75) is 71.0 Å². The Morgan fingerprint density at radius 2 is 1.27 bits per heavy atom. The van der Waals surface area contributed by atoms with Crippen LogP contribution in [0, 0.1) is 0 Å². The van der Waals surface area contributed by atoms with Crippen LogP contribution in [0.4, 0.5) is 0 Å². The SMILES string of the molecule is CCCCCOC1(OCCCCC)CC1. The van der Waals surface area contributed by atoms with Gasteiger partial charge in [-0.3, -0.25) is 0 Å². The molecule has 0 unspecified atom stereocenters. The Kier molecular flexibility index (Phi) is 6.26. The second-order valence-corrected chi connectivity index (χ2v) is 4.52. The lowest BCUT2D eigenvalue weighted by atomic mass is 10.3.